The number of carbonyl (C=O) groups excluding carboxylic acids is 1. The van der Waals surface area contributed by atoms with Crippen LogP contribution in [0.3, 0.4) is 0 Å². The van der Waals surface area contributed by atoms with Gasteiger partial charge < -0.3 is 31.2 Å². The largest absolute Gasteiger partial charge is 0.504 e. The van der Waals surface area contributed by atoms with E-state index < -0.39 is 0 Å². The molecule has 0 radical (unpaired) electrons. The Balaban J connectivity index is 1.54. The number of likely N-dealkylation sites (tertiary alicyclic amines) is 1. The fourth-order valence-corrected chi connectivity index (χ4v) is 3.92. The molecule has 0 spiro atoms. The number of nitrogens with two attached hydrogens (primary N) is 2. The summed E-state index contributed by atoms with van der Waals surface area (Å²) in [5.74, 6) is 0.812. The summed E-state index contributed by atoms with van der Waals surface area (Å²) >= 11 is 0. The van der Waals surface area contributed by atoms with Crippen LogP contribution in [0, 0.1) is 5.41 Å². The lowest BCUT2D eigenvalue weighted by Gasteiger charge is -2.25. The Bertz CT molecular complexity index is 1130. The molecule has 3 aromatic rings. The zero-order valence-corrected chi connectivity index (χ0v) is 17.1. The standard InChI is InChI=1S/C22H26N6O3/c23-9-8-19(29)28-10-2-3-14(28)12-31-18-5-1-4-15(20(18)30)22-26-16-7-6-13(21(24)25)11-17(16)27-22/h1,4-7,11,14,30H,2-3,8-10,12,23H2,(H3,24,25)(H,26,27). The molecule has 31 heavy (non-hydrogen) atoms. The summed E-state index contributed by atoms with van der Waals surface area (Å²) in [4.78, 5) is 21.7. The number of carbonyl (C=O) groups is 1. The first-order valence-corrected chi connectivity index (χ1v) is 10.3. The van der Waals surface area contributed by atoms with Crippen molar-refractivity contribution in [2.75, 3.05) is 19.7 Å². The number of imidazole rings is 1. The van der Waals surface area contributed by atoms with E-state index in [4.69, 9.17) is 21.6 Å². The Hall–Kier alpha value is -3.59. The molecule has 1 aliphatic heterocycles. The first-order chi connectivity index (χ1) is 15.0. The Labute approximate surface area is 179 Å². The highest BCUT2D eigenvalue weighted by Gasteiger charge is 2.29. The van der Waals surface area contributed by atoms with Gasteiger partial charge in [-0.1, -0.05) is 6.07 Å². The van der Waals surface area contributed by atoms with E-state index in [1.807, 2.05) is 4.90 Å². The number of aromatic nitrogens is 2. The van der Waals surface area contributed by atoms with Crippen molar-refractivity contribution in [3.05, 3.63) is 42.0 Å². The molecule has 0 aliphatic carbocycles. The van der Waals surface area contributed by atoms with Crippen LogP contribution in [0.15, 0.2) is 36.4 Å². The Morgan fingerprint density at radius 3 is 2.97 bits per heavy atom. The number of benzene rings is 2. The Morgan fingerprint density at radius 1 is 1.35 bits per heavy atom. The second-order valence-corrected chi connectivity index (χ2v) is 7.62. The molecule has 2 aromatic carbocycles. The van der Waals surface area contributed by atoms with Gasteiger partial charge in [0.1, 0.15) is 18.3 Å². The first kappa shape index (κ1) is 20.7. The topological polar surface area (TPSA) is 154 Å². The molecular formula is C22H26N6O3. The average molecular weight is 422 g/mol. The molecule has 1 unspecified atom stereocenters. The number of nitrogens with one attached hydrogen (secondary N) is 2. The lowest BCUT2D eigenvalue weighted by atomic mass is 10.1. The van der Waals surface area contributed by atoms with Crippen LogP contribution in [0.2, 0.25) is 0 Å². The number of ether oxygens (including phenoxy) is 1. The van der Waals surface area contributed by atoms with Crippen LogP contribution in [0.1, 0.15) is 24.8 Å². The third-order valence-electron chi connectivity index (χ3n) is 5.53. The predicted molar refractivity (Wildman–Crippen MR) is 118 cm³/mol. The third kappa shape index (κ3) is 4.17. The molecule has 1 atom stereocenters. The zero-order valence-electron chi connectivity index (χ0n) is 17.1. The van der Waals surface area contributed by atoms with Gasteiger partial charge in [0.05, 0.1) is 22.6 Å². The maximum absolute atomic E-state index is 12.2. The molecule has 0 saturated carbocycles. The van der Waals surface area contributed by atoms with Gasteiger partial charge in [-0.15, -0.1) is 0 Å². The zero-order chi connectivity index (χ0) is 22.0. The van der Waals surface area contributed by atoms with Crippen molar-refractivity contribution in [1.82, 2.24) is 14.9 Å². The molecule has 1 amide bonds. The lowest BCUT2D eigenvalue weighted by Crippen LogP contribution is -2.39. The summed E-state index contributed by atoms with van der Waals surface area (Å²) in [6, 6.07) is 10.4. The van der Waals surface area contributed by atoms with Crippen molar-refractivity contribution < 1.29 is 14.6 Å². The number of aromatic hydroxyl groups is 1. The second-order valence-electron chi connectivity index (χ2n) is 7.62. The number of amides is 1. The molecule has 1 saturated heterocycles. The number of nitrogens with zero attached hydrogens (tertiary/aromatic N) is 2. The van der Waals surface area contributed by atoms with E-state index in [1.54, 1.807) is 36.4 Å². The van der Waals surface area contributed by atoms with Gasteiger partial charge in [-0.2, -0.15) is 0 Å². The third-order valence-corrected chi connectivity index (χ3v) is 5.53. The van der Waals surface area contributed by atoms with Gasteiger partial charge in [0, 0.05) is 25.1 Å². The quantitative estimate of drug-likeness (QED) is 0.289. The van der Waals surface area contributed by atoms with E-state index in [0.717, 1.165) is 12.8 Å². The van der Waals surface area contributed by atoms with Gasteiger partial charge in [0.2, 0.25) is 5.91 Å². The highest BCUT2D eigenvalue weighted by molar-refractivity contribution is 5.98. The Morgan fingerprint density at radius 2 is 2.19 bits per heavy atom. The van der Waals surface area contributed by atoms with E-state index in [1.165, 1.54) is 0 Å². The van der Waals surface area contributed by atoms with Crippen LogP contribution in [-0.4, -0.2) is 57.5 Å². The molecule has 162 valence electrons. The van der Waals surface area contributed by atoms with Crippen LogP contribution in [0.5, 0.6) is 11.5 Å². The average Bonchev–Trinajstić information content (AvgIpc) is 3.39. The van der Waals surface area contributed by atoms with Crippen LogP contribution in [0.4, 0.5) is 0 Å². The molecule has 7 N–H and O–H groups in total. The number of amidine groups is 1. The maximum atomic E-state index is 12.2. The van der Waals surface area contributed by atoms with Gasteiger partial charge in [0.15, 0.2) is 11.5 Å². The summed E-state index contributed by atoms with van der Waals surface area (Å²) in [5, 5.41) is 18.4. The minimum absolute atomic E-state index is 0.0221. The maximum Gasteiger partial charge on any atom is 0.224 e. The second kappa shape index (κ2) is 8.65. The minimum Gasteiger partial charge on any atom is -0.504 e. The smallest absolute Gasteiger partial charge is 0.224 e. The normalized spacial score (nSPS) is 16.0. The van der Waals surface area contributed by atoms with Gasteiger partial charge >= 0.3 is 0 Å². The number of nitrogen functional groups attached to an aromatic ring is 1. The number of phenolic OH excluding ortho intramolecular Hbond substituents is 1. The predicted octanol–water partition coefficient (Wildman–Crippen LogP) is 1.94. The molecule has 1 aromatic heterocycles. The summed E-state index contributed by atoms with van der Waals surface area (Å²) < 4.78 is 5.90. The molecule has 4 rings (SSSR count). The van der Waals surface area contributed by atoms with Crippen molar-refractivity contribution >= 4 is 22.8 Å². The van der Waals surface area contributed by atoms with Gasteiger partial charge in [-0.05, 0) is 43.2 Å². The van der Waals surface area contributed by atoms with Crippen molar-refractivity contribution in [1.29, 1.82) is 5.41 Å². The number of fused-ring (bicyclic) bond motifs is 1. The Kier molecular flexibility index (Phi) is 5.77. The highest BCUT2D eigenvalue weighted by atomic mass is 16.5. The fraction of sp³-hybridized carbons (Fsp3) is 0.318. The van der Waals surface area contributed by atoms with Crippen LogP contribution in [0.25, 0.3) is 22.4 Å². The molecule has 0 bridgehead atoms. The molecule has 1 fully saturated rings. The molecule has 9 nitrogen and oxygen atoms in total. The monoisotopic (exact) mass is 422 g/mol. The number of phenols is 1. The number of rotatable bonds is 7. The van der Waals surface area contributed by atoms with E-state index in [2.05, 4.69) is 9.97 Å². The van der Waals surface area contributed by atoms with E-state index >= 15 is 0 Å². The summed E-state index contributed by atoms with van der Waals surface area (Å²) in [6.45, 7) is 1.34. The summed E-state index contributed by atoms with van der Waals surface area (Å²) in [6.07, 6.45) is 2.12. The molecular weight excluding hydrogens is 396 g/mol. The van der Waals surface area contributed by atoms with Crippen molar-refractivity contribution in [2.24, 2.45) is 11.5 Å². The molecule has 1 aliphatic rings. The number of H-pyrrole nitrogens is 1. The fourth-order valence-electron chi connectivity index (χ4n) is 3.92. The number of aromatic amines is 1. The molecule has 9 heteroatoms. The highest BCUT2D eigenvalue weighted by Crippen LogP contribution is 2.37. The van der Waals surface area contributed by atoms with E-state index in [0.29, 0.717) is 59.9 Å². The van der Waals surface area contributed by atoms with Crippen molar-refractivity contribution in [3.8, 4) is 22.9 Å². The van der Waals surface area contributed by atoms with Crippen LogP contribution >= 0.6 is 0 Å². The summed E-state index contributed by atoms with van der Waals surface area (Å²) in [5.41, 5.74) is 13.6. The van der Waals surface area contributed by atoms with Crippen LogP contribution in [-0.2, 0) is 4.79 Å². The van der Waals surface area contributed by atoms with E-state index in [-0.39, 0.29) is 23.5 Å². The van der Waals surface area contributed by atoms with Gasteiger partial charge in [0.25, 0.3) is 0 Å². The number of para-hydroxylation sites is 1. The first-order valence-electron chi connectivity index (χ1n) is 10.3. The van der Waals surface area contributed by atoms with Crippen molar-refractivity contribution in [3.63, 3.8) is 0 Å². The SMILES string of the molecule is N=C(N)c1ccc2nc(-c3cccc(OCC4CCCN4C(=O)CCN)c3O)[nH]c2c1. The van der Waals surface area contributed by atoms with Crippen molar-refractivity contribution in [2.45, 2.75) is 25.3 Å². The number of hydrogen-bond donors (Lipinski definition) is 5. The number of hydrogen-bond acceptors (Lipinski definition) is 6. The lowest BCUT2D eigenvalue weighted by molar-refractivity contribution is -0.132. The van der Waals surface area contributed by atoms with Crippen LogP contribution < -0.4 is 16.2 Å². The summed E-state index contributed by atoms with van der Waals surface area (Å²) in [7, 11) is 0. The van der Waals surface area contributed by atoms with E-state index in [9.17, 15) is 9.90 Å². The van der Waals surface area contributed by atoms with Gasteiger partial charge in [-0.3, -0.25) is 10.2 Å². The minimum atomic E-state index is -0.0293. The van der Waals surface area contributed by atoms with Gasteiger partial charge in [-0.25, -0.2) is 4.98 Å². The molecule has 2 heterocycles.